The summed E-state index contributed by atoms with van der Waals surface area (Å²) in [6.07, 6.45) is 6.86. The van der Waals surface area contributed by atoms with Crippen molar-refractivity contribution >= 4 is 17.8 Å². The Morgan fingerprint density at radius 3 is 2.71 bits per heavy atom. The summed E-state index contributed by atoms with van der Waals surface area (Å²) in [7, 11) is 0. The molecular formula is C16H19N3O2. The first-order valence-corrected chi connectivity index (χ1v) is 7.17. The van der Waals surface area contributed by atoms with Gasteiger partial charge in [0.05, 0.1) is 0 Å². The molecule has 0 spiro atoms. The van der Waals surface area contributed by atoms with Crippen LogP contribution in [-0.2, 0) is 10.3 Å². The lowest BCUT2D eigenvalue weighted by Crippen LogP contribution is -2.31. The van der Waals surface area contributed by atoms with E-state index in [1.807, 2.05) is 37.3 Å². The van der Waals surface area contributed by atoms with Crippen LogP contribution in [0.2, 0.25) is 0 Å². The standard InChI is InChI=1S/C16H19N3O2/c1-16(10-2-3-11-20-16)15-18-14(21-19-15)9-6-12-4-7-13(17)8-5-12/h4-9H,2-3,10-11,17H2,1H3/b9-6+. The highest BCUT2D eigenvalue weighted by Crippen LogP contribution is 2.32. The Labute approximate surface area is 123 Å². The van der Waals surface area contributed by atoms with E-state index < -0.39 is 5.60 Å². The van der Waals surface area contributed by atoms with E-state index in [2.05, 4.69) is 10.1 Å². The minimum Gasteiger partial charge on any atom is -0.399 e. The first kappa shape index (κ1) is 13.8. The van der Waals surface area contributed by atoms with Gasteiger partial charge in [-0.2, -0.15) is 4.98 Å². The molecule has 1 aromatic heterocycles. The topological polar surface area (TPSA) is 74.2 Å². The third-order valence-electron chi connectivity index (χ3n) is 3.74. The molecule has 1 aliphatic rings. The Bertz CT molecular complexity index is 625. The molecule has 0 saturated carbocycles. The Kier molecular flexibility index (Phi) is 3.75. The normalized spacial score (nSPS) is 22.7. The highest BCUT2D eigenvalue weighted by Gasteiger charge is 2.34. The third kappa shape index (κ3) is 3.13. The number of anilines is 1. The second-order valence-electron chi connectivity index (χ2n) is 5.49. The van der Waals surface area contributed by atoms with E-state index in [1.165, 1.54) is 0 Å². The number of benzene rings is 1. The summed E-state index contributed by atoms with van der Waals surface area (Å²) in [6.45, 7) is 2.77. The van der Waals surface area contributed by atoms with Gasteiger partial charge in [-0.15, -0.1) is 0 Å². The van der Waals surface area contributed by atoms with E-state index >= 15 is 0 Å². The van der Waals surface area contributed by atoms with Crippen LogP contribution in [-0.4, -0.2) is 16.7 Å². The van der Waals surface area contributed by atoms with Crippen molar-refractivity contribution in [2.24, 2.45) is 0 Å². The molecule has 0 bridgehead atoms. The summed E-state index contributed by atoms with van der Waals surface area (Å²) in [5.74, 6) is 1.11. The monoisotopic (exact) mass is 285 g/mol. The van der Waals surface area contributed by atoms with Crippen LogP contribution >= 0.6 is 0 Å². The van der Waals surface area contributed by atoms with E-state index in [9.17, 15) is 0 Å². The van der Waals surface area contributed by atoms with Gasteiger partial charge in [-0.25, -0.2) is 0 Å². The Morgan fingerprint density at radius 1 is 1.19 bits per heavy atom. The summed E-state index contributed by atoms with van der Waals surface area (Å²) in [6, 6.07) is 7.59. The van der Waals surface area contributed by atoms with Crippen LogP contribution < -0.4 is 5.73 Å². The minimum atomic E-state index is -0.422. The third-order valence-corrected chi connectivity index (χ3v) is 3.74. The summed E-state index contributed by atoms with van der Waals surface area (Å²) in [5, 5.41) is 4.06. The molecule has 5 nitrogen and oxygen atoms in total. The van der Waals surface area contributed by atoms with Crippen LogP contribution in [0.1, 0.15) is 43.5 Å². The molecule has 1 fully saturated rings. The molecule has 0 radical (unpaired) electrons. The largest absolute Gasteiger partial charge is 0.399 e. The highest BCUT2D eigenvalue weighted by atomic mass is 16.5. The molecule has 2 heterocycles. The average Bonchev–Trinajstić information content (AvgIpc) is 2.97. The maximum absolute atomic E-state index is 5.82. The fraction of sp³-hybridized carbons (Fsp3) is 0.375. The second-order valence-corrected chi connectivity index (χ2v) is 5.49. The van der Waals surface area contributed by atoms with Crippen molar-refractivity contribution in [1.29, 1.82) is 0 Å². The maximum atomic E-state index is 5.82. The number of nitrogens with zero attached hydrogens (tertiary/aromatic N) is 2. The van der Waals surface area contributed by atoms with E-state index in [-0.39, 0.29) is 0 Å². The second kappa shape index (κ2) is 5.69. The Morgan fingerprint density at radius 2 is 2.00 bits per heavy atom. The van der Waals surface area contributed by atoms with Crippen molar-refractivity contribution in [2.75, 3.05) is 12.3 Å². The first-order valence-electron chi connectivity index (χ1n) is 7.17. The van der Waals surface area contributed by atoms with Crippen LogP contribution in [0.4, 0.5) is 5.69 Å². The van der Waals surface area contributed by atoms with E-state index in [0.29, 0.717) is 11.7 Å². The van der Waals surface area contributed by atoms with Crippen molar-refractivity contribution in [1.82, 2.24) is 10.1 Å². The van der Waals surface area contributed by atoms with Crippen LogP contribution in [0.25, 0.3) is 12.2 Å². The Hall–Kier alpha value is -2.14. The van der Waals surface area contributed by atoms with Gasteiger partial charge in [0.1, 0.15) is 5.60 Å². The predicted octanol–water partition coefficient (Wildman–Crippen LogP) is 3.24. The quantitative estimate of drug-likeness (QED) is 0.876. The maximum Gasteiger partial charge on any atom is 0.250 e. The van der Waals surface area contributed by atoms with Gasteiger partial charge in [-0.1, -0.05) is 17.3 Å². The molecule has 1 unspecified atom stereocenters. The lowest BCUT2D eigenvalue weighted by Gasteiger charge is -2.30. The van der Waals surface area contributed by atoms with Crippen molar-refractivity contribution < 1.29 is 9.26 Å². The average molecular weight is 285 g/mol. The predicted molar refractivity (Wildman–Crippen MR) is 81.2 cm³/mol. The minimum absolute atomic E-state index is 0.422. The SMILES string of the molecule is CC1(c2noc(/C=C/c3ccc(N)cc3)n2)CCCCO1. The lowest BCUT2D eigenvalue weighted by atomic mass is 9.95. The van der Waals surface area contributed by atoms with Gasteiger partial charge in [0.2, 0.25) is 5.82 Å². The number of nitrogens with two attached hydrogens (primary N) is 1. The summed E-state index contributed by atoms with van der Waals surface area (Å²) in [4.78, 5) is 4.42. The van der Waals surface area contributed by atoms with Gasteiger partial charge in [-0.3, -0.25) is 0 Å². The zero-order chi connectivity index (χ0) is 14.7. The fourth-order valence-corrected chi connectivity index (χ4v) is 2.40. The lowest BCUT2D eigenvalue weighted by molar-refractivity contribution is -0.0770. The molecule has 3 rings (SSSR count). The molecule has 5 heteroatoms. The van der Waals surface area contributed by atoms with Crippen LogP contribution in [0.5, 0.6) is 0 Å². The molecule has 2 aromatic rings. The van der Waals surface area contributed by atoms with E-state index in [0.717, 1.165) is 37.1 Å². The van der Waals surface area contributed by atoms with Crippen molar-refractivity contribution in [3.63, 3.8) is 0 Å². The number of rotatable bonds is 3. The van der Waals surface area contributed by atoms with E-state index in [1.54, 1.807) is 6.08 Å². The zero-order valence-corrected chi connectivity index (χ0v) is 12.1. The van der Waals surface area contributed by atoms with Gasteiger partial charge >= 0.3 is 0 Å². The van der Waals surface area contributed by atoms with Crippen LogP contribution in [0.15, 0.2) is 28.8 Å². The highest BCUT2D eigenvalue weighted by molar-refractivity contribution is 5.66. The molecule has 21 heavy (non-hydrogen) atoms. The van der Waals surface area contributed by atoms with Gasteiger partial charge in [0.15, 0.2) is 0 Å². The van der Waals surface area contributed by atoms with Gasteiger partial charge < -0.3 is 15.0 Å². The van der Waals surface area contributed by atoms with Crippen molar-refractivity contribution in [3.8, 4) is 0 Å². The number of hydrogen-bond acceptors (Lipinski definition) is 5. The van der Waals surface area contributed by atoms with Gasteiger partial charge in [-0.05, 0) is 50.0 Å². The van der Waals surface area contributed by atoms with Gasteiger partial charge in [0.25, 0.3) is 5.89 Å². The van der Waals surface area contributed by atoms with Gasteiger partial charge in [0, 0.05) is 18.4 Å². The molecule has 1 atom stereocenters. The van der Waals surface area contributed by atoms with Crippen LogP contribution in [0.3, 0.4) is 0 Å². The van der Waals surface area contributed by atoms with E-state index in [4.69, 9.17) is 15.0 Å². The van der Waals surface area contributed by atoms with Crippen LogP contribution in [0, 0.1) is 0 Å². The molecular weight excluding hydrogens is 266 g/mol. The smallest absolute Gasteiger partial charge is 0.250 e. The molecule has 1 aliphatic heterocycles. The summed E-state index contributed by atoms with van der Waals surface area (Å²) < 4.78 is 11.1. The zero-order valence-electron chi connectivity index (χ0n) is 12.1. The molecule has 1 aromatic carbocycles. The molecule has 1 saturated heterocycles. The molecule has 0 aliphatic carbocycles. The fourth-order valence-electron chi connectivity index (χ4n) is 2.40. The molecule has 2 N–H and O–H groups in total. The molecule has 0 amide bonds. The molecule has 110 valence electrons. The number of hydrogen-bond donors (Lipinski definition) is 1. The number of aromatic nitrogens is 2. The summed E-state index contributed by atoms with van der Waals surface area (Å²) >= 11 is 0. The summed E-state index contributed by atoms with van der Waals surface area (Å²) in [5.41, 5.74) is 7.01. The van der Waals surface area contributed by atoms with Crippen molar-refractivity contribution in [2.45, 2.75) is 31.8 Å². The number of ether oxygens (including phenoxy) is 1. The Balaban J connectivity index is 1.74. The first-order chi connectivity index (χ1) is 10.2. The number of nitrogen functional groups attached to an aromatic ring is 1. The van der Waals surface area contributed by atoms with Crippen molar-refractivity contribution in [3.05, 3.63) is 41.5 Å².